The van der Waals surface area contributed by atoms with Gasteiger partial charge < -0.3 is 19.7 Å². The summed E-state index contributed by atoms with van der Waals surface area (Å²) in [5.74, 6) is -0.235. The number of unbranched alkanes of at least 4 members (excludes halogenated alkanes) is 1. The number of carbonyl (C=O) groups excluding carboxylic acids is 2. The zero-order valence-corrected chi connectivity index (χ0v) is 29.1. The Balaban J connectivity index is 1.85. The Hall–Kier alpha value is -4.83. The van der Waals surface area contributed by atoms with Gasteiger partial charge in [0.1, 0.15) is 24.1 Å². The molecule has 48 heavy (non-hydrogen) atoms. The van der Waals surface area contributed by atoms with E-state index in [1.807, 2.05) is 75.4 Å². The summed E-state index contributed by atoms with van der Waals surface area (Å²) < 4.78 is 40.9. The minimum absolute atomic E-state index is 0.00833. The minimum Gasteiger partial charge on any atom is -0.497 e. The summed E-state index contributed by atoms with van der Waals surface area (Å²) in [6.45, 7) is 5.83. The first-order valence-electron chi connectivity index (χ1n) is 16.1. The van der Waals surface area contributed by atoms with Crippen LogP contribution in [0.4, 0.5) is 5.69 Å². The van der Waals surface area contributed by atoms with Gasteiger partial charge in [0.2, 0.25) is 11.8 Å². The molecule has 1 atom stereocenters. The van der Waals surface area contributed by atoms with Gasteiger partial charge in [-0.15, -0.1) is 0 Å². The van der Waals surface area contributed by atoms with Gasteiger partial charge in [-0.3, -0.25) is 13.9 Å². The molecule has 0 aromatic heterocycles. The average Bonchev–Trinajstić information content (AvgIpc) is 3.09. The van der Waals surface area contributed by atoms with E-state index in [2.05, 4.69) is 5.32 Å². The molecule has 2 amide bonds. The first-order valence-corrected chi connectivity index (χ1v) is 17.5. The Kier molecular flexibility index (Phi) is 12.6. The number of benzene rings is 4. The summed E-state index contributed by atoms with van der Waals surface area (Å²) in [4.78, 5) is 30.1. The number of methoxy groups -OCH3 is 2. The second-order valence-electron chi connectivity index (χ2n) is 11.7. The van der Waals surface area contributed by atoms with Crippen LogP contribution in [0, 0.1) is 13.8 Å². The van der Waals surface area contributed by atoms with Crippen LogP contribution in [0.2, 0.25) is 0 Å². The van der Waals surface area contributed by atoms with Crippen LogP contribution in [0.5, 0.6) is 11.5 Å². The van der Waals surface area contributed by atoms with Crippen LogP contribution in [-0.2, 0) is 32.6 Å². The molecule has 4 aromatic rings. The van der Waals surface area contributed by atoms with E-state index < -0.39 is 28.5 Å². The molecule has 0 aliphatic carbocycles. The van der Waals surface area contributed by atoms with Gasteiger partial charge >= 0.3 is 0 Å². The van der Waals surface area contributed by atoms with Gasteiger partial charge in [-0.05, 0) is 55.7 Å². The number of nitrogens with zero attached hydrogens (tertiary/aromatic N) is 2. The molecule has 4 rings (SSSR count). The topological polar surface area (TPSA) is 105 Å². The zero-order chi connectivity index (χ0) is 34.7. The van der Waals surface area contributed by atoms with E-state index in [0.29, 0.717) is 12.3 Å². The van der Waals surface area contributed by atoms with Crippen LogP contribution in [0.15, 0.2) is 102 Å². The fraction of sp³-hybridized carbons (Fsp3) is 0.316. The minimum atomic E-state index is -4.31. The Morgan fingerprint density at radius 2 is 1.46 bits per heavy atom. The van der Waals surface area contributed by atoms with Gasteiger partial charge in [0.15, 0.2) is 0 Å². The smallest absolute Gasteiger partial charge is 0.264 e. The molecule has 254 valence electrons. The highest BCUT2D eigenvalue weighted by Gasteiger charge is 2.35. The van der Waals surface area contributed by atoms with E-state index in [9.17, 15) is 18.0 Å². The van der Waals surface area contributed by atoms with E-state index in [1.54, 1.807) is 24.3 Å². The molecule has 0 heterocycles. The monoisotopic (exact) mass is 671 g/mol. The summed E-state index contributed by atoms with van der Waals surface area (Å²) in [6, 6.07) is 27.5. The molecule has 0 aliphatic rings. The van der Waals surface area contributed by atoms with Gasteiger partial charge in [0.25, 0.3) is 10.0 Å². The number of amides is 2. The average molecular weight is 672 g/mol. The van der Waals surface area contributed by atoms with Crippen LogP contribution in [-0.4, -0.2) is 58.5 Å². The van der Waals surface area contributed by atoms with Gasteiger partial charge in [0, 0.05) is 25.6 Å². The maximum absolute atomic E-state index is 14.7. The summed E-state index contributed by atoms with van der Waals surface area (Å²) in [7, 11) is -1.40. The van der Waals surface area contributed by atoms with Crippen molar-refractivity contribution in [2.45, 2.75) is 57.5 Å². The number of nitrogens with one attached hydrogen (secondary N) is 1. The van der Waals surface area contributed by atoms with Crippen molar-refractivity contribution in [2.75, 3.05) is 31.6 Å². The SMILES string of the molecule is CCCCNC(=O)C(Cc1ccccc1)N(Cc1ccc(C)cc1)C(=O)CN(c1cc(OC)ccc1OC)S(=O)(=O)c1ccc(C)cc1. The lowest BCUT2D eigenvalue weighted by Crippen LogP contribution is -2.53. The lowest BCUT2D eigenvalue weighted by Gasteiger charge is -2.34. The number of sulfonamides is 1. The van der Waals surface area contributed by atoms with Gasteiger partial charge in [0.05, 0.1) is 24.8 Å². The van der Waals surface area contributed by atoms with Crippen molar-refractivity contribution in [3.05, 3.63) is 119 Å². The Bertz CT molecular complexity index is 1760. The van der Waals surface area contributed by atoms with E-state index in [0.717, 1.165) is 39.4 Å². The number of rotatable bonds is 16. The number of anilines is 1. The van der Waals surface area contributed by atoms with Gasteiger partial charge in [-0.25, -0.2) is 8.42 Å². The van der Waals surface area contributed by atoms with Crippen LogP contribution in [0.3, 0.4) is 0 Å². The Morgan fingerprint density at radius 1 is 0.812 bits per heavy atom. The number of carbonyl (C=O) groups is 2. The lowest BCUT2D eigenvalue weighted by molar-refractivity contribution is -0.140. The van der Waals surface area contributed by atoms with Crippen molar-refractivity contribution in [3.63, 3.8) is 0 Å². The molecule has 10 heteroatoms. The standard InChI is InChI=1S/C38H45N3O6S/c1-6-7-23-39-38(43)35(24-30-11-9-8-10-12-30)40(26-31-17-13-28(2)14-18-31)37(42)27-41(34-25-32(46-4)19-22-36(34)47-5)48(44,45)33-20-15-29(3)16-21-33/h8-22,25,35H,6-7,23-24,26-27H2,1-5H3,(H,39,43). The molecule has 1 unspecified atom stereocenters. The third-order valence-electron chi connectivity index (χ3n) is 8.12. The Labute approximate surface area is 284 Å². The molecule has 1 N–H and O–H groups in total. The maximum atomic E-state index is 14.7. The molecule has 9 nitrogen and oxygen atoms in total. The molecule has 0 spiro atoms. The summed E-state index contributed by atoms with van der Waals surface area (Å²) in [6.07, 6.45) is 1.92. The van der Waals surface area contributed by atoms with Crippen molar-refractivity contribution in [3.8, 4) is 11.5 Å². The van der Waals surface area contributed by atoms with Gasteiger partial charge in [-0.2, -0.15) is 0 Å². The quantitative estimate of drug-likeness (QED) is 0.145. The molecule has 0 aliphatic heterocycles. The van der Waals surface area contributed by atoms with Crippen molar-refractivity contribution >= 4 is 27.5 Å². The van der Waals surface area contributed by atoms with E-state index in [4.69, 9.17) is 9.47 Å². The second kappa shape index (κ2) is 16.8. The highest BCUT2D eigenvalue weighted by molar-refractivity contribution is 7.92. The van der Waals surface area contributed by atoms with Crippen LogP contribution in [0.1, 0.15) is 42.0 Å². The molecular weight excluding hydrogens is 627 g/mol. The number of aryl methyl sites for hydroxylation is 2. The van der Waals surface area contributed by atoms with E-state index >= 15 is 0 Å². The number of hydrogen-bond donors (Lipinski definition) is 1. The van der Waals surface area contributed by atoms with Crippen LogP contribution < -0.4 is 19.1 Å². The predicted octanol–water partition coefficient (Wildman–Crippen LogP) is 6.07. The highest BCUT2D eigenvalue weighted by atomic mass is 32.2. The normalized spacial score (nSPS) is 11.8. The summed E-state index contributed by atoms with van der Waals surface area (Å²) >= 11 is 0. The molecule has 0 saturated heterocycles. The molecule has 4 aromatic carbocycles. The van der Waals surface area contributed by atoms with Crippen molar-refractivity contribution in [1.29, 1.82) is 0 Å². The lowest BCUT2D eigenvalue weighted by atomic mass is 10.0. The third-order valence-corrected chi connectivity index (χ3v) is 9.89. The largest absolute Gasteiger partial charge is 0.497 e. The fourth-order valence-electron chi connectivity index (χ4n) is 5.29. The van der Waals surface area contributed by atoms with Crippen molar-refractivity contribution in [1.82, 2.24) is 10.2 Å². The molecular formula is C38H45N3O6S. The number of hydrogen-bond acceptors (Lipinski definition) is 6. The summed E-state index contributed by atoms with van der Waals surface area (Å²) in [5.41, 5.74) is 3.75. The second-order valence-corrected chi connectivity index (χ2v) is 13.6. The van der Waals surface area contributed by atoms with E-state index in [-0.39, 0.29) is 35.2 Å². The first kappa shape index (κ1) is 36.0. The highest BCUT2D eigenvalue weighted by Crippen LogP contribution is 2.36. The summed E-state index contributed by atoms with van der Waals surface area (Å²) in [5, 5.41) is 3.01. The van der Waals surface area contributed by atoms with Crippen LogP contribution >= 0.6 is 0 Å². The first-order chi connectivity index (χ1) is 23.1. The van der Waals surface area contributed by atoms with Crippen molar-refractivity contribution < 1.29 is 27.5 Å². The Morgan fingerprint density at radius 3 is 2.06 bits per heavy atom. The number of ether oxygens (including phenoxy) is 2. The molecule has 0 radical (unpaired) electrons. The van der Waals surface area contributed by atoms with Crippen molar-refractivity contribution in [2.24, 2.45) is 0 Å². The van der Waals surface area contributed by atoms with E-state index in [1.165, 1.54) is 37.3 Å². The molecule has 0 fully saturated rings. The molecule has 0 saturated carbocycles. The molecule has 0 bridgehead atoms. The fourth-order valence-corrected chi connectivity index (χ4v) is 6.71. The zero-order valence-electron chi connectivity index (χ0n) is 28.3. The van der Waals surface area contributed by atoms with Gasteiger partial charge in [-0.1, -0.05) is 91.2 Å². The maximum Gasteiger partial charge on any atom is 0.264 e. The van der Waals surface area contributed by atoms with Crippen LogP contribution in [0.25, 0.3) is 0 Å². The third kappa shape index (κ3) is 9.16. The predicted molar refractivity (Wildman–Crippen MR) is 189 cm³/mol.